The maximum absolute atomic E-state index is 13.4. The molecule has 21 heavy (non-hydrogen) atoms. The van der Waals surface area contributed by atoms with Crippen molar-refractivity contribution in [2.45, 2.75) is 6.54 Å². The Morgan fingerprint density at radius 3 is 2.71 bits per heavy atom. The summed E-state index contributed by atoms with van der Waals surface area (Å²) in [5.74, 6) is -0.534. The van der Waals surface area contributed by atoms with Crippen molar-refractivity contribution in [3.05, 3.63) is 58.9 Å². The topological polar surface area (TPSA) is 64.3 Å². The molecule has 1 amide bonds. The third kappa shape index (κ3) is 3.93. The van der Waals surface area contributed by atoms with Crippen LogP contribution in [-0.4, -0.2) is 12.5 Å². The largest absolute Gasteiger partial charge is 0.483 e. The predicted molar refractivity (Wildman–Crippen MR) is 79.9 cm³/mol. The van der Waals surface area contributed by atoms with E-state index in [0.29, 0.717) is 16.3 Å². The standard InChI is InChI=1S/C15H14ClFN2O2/c16-11-4-3-7-14(10(11)8-18)21-9-15(20)19-13-6-2-1-5-12(13)17/h1-7H,8-9,18H2,(H,19,20). The molecule has 6 heteroatoms. The zero-order valence-electron chi connectivity index (χ0n) is 11.1. The van der Waals surface area contributed by atoms with E-state index in [1.54, 1.807) is 30.3 Å². The molecule has 0 aliphatic heterocycles. The average molecular weight is 309 g/mol. The van der Waals surface area contributed by atoms with E-state index < -0.39 is 11.7 Å². The zero-order valence-corrected chi connectivity index (χ0v) is 11.9. The lowest BCUT2D eigenvalue weighted by molar-refractivity contribution is -0.118. The number of ether oxygens (including phenoxy) is 1. The lowest BCUT2D eigenvalue weighted by Crippen LogP contribution is -2.21. The van der Waals surface area contributed by atoms with Gasteiger partial charge in [-0.1, -0.05) is 29.8 Å². The summed E-state index contributed by atoms with van der Waals surface area (Å²) in [6.45, 7) is -0.0639. The van der Waals surface area contributed by atoms with Crippen molar-refractivity contribution in [1.29, 1.82) is 0 Å². The first-order valence-electron chi connectivity index (χ1n) is 6.26. The molecule has 2 aromatic rings. The minimum absolute atomic E-state index is 0.108. The number of para-hydroxylation sites is 1. The quantitative estimate of drug-likeness (QED) is 0.892. The van der Waals surface area contributed by atoms with E-state index in [0.717, 1.165) is 0 Å². The monoisotopic (exact) mass is 308 g/mol. The number of anilines is 1. The molecule has 3 N–H and O–H groups in total. The van der Waals surface area contributed by atoms with Crippen molar-refractivity contribution in [3.63, 3.8) is 0 Å². The smallest absolute Gasteiger partial charge is 0.262 e. The van der Waals surface area contributed by atoms with Crippen LogP contribution in [0.1, 0.15) is 5.56 Å². The van der Waals surface area contributed by atoms with Crippen LogP contribution in [0.5, 0.6) is 5.75 Å². The van der Waals surface area contributed by atoms with Gasteiger partial charge in [0, 0.05) is 17.1 Å². The summed E-state index contributed by atoms with van der Waals surface area (Å²) in [6, 6.07) is 11.0. The van der Waals surface area contributed by atoms with Gasteiger partial charge in [0.05, 0.1) is 5.69 Å². The summed E-state index contributed by atoms with van der Waals surface area (Å²) in [6.07, 6.45) is 0. The molecule has 0 radical (unpaired) electrons. The molecule has 0 aromatic heterocycles. The van der Waals surface area contributed by atoms with Crippen LogP contribution in [0.25, 0.3) is 0 Å². The second-order valence-corrected chi connectivity index (χ2v) is 4.64. The molecule has 0 saturated heterocycles. The molecular weight excluding hydrogens is 295 g/mol. The van der Waals surface area contributed by atoms with Gasteiger partial charge in [-0.05, 0) is 24.3 Å². The van der Waals surface area contributed by atoms with E-state index in [-0.39, 0.29) is 18.8 Å². The number of carbonyl (C=O) groups is 1. The van der Waals surface area contributed by atoms with Gasteiger partial charge < -0.3 is 15.8 Å². The SMILES string of the molecule is NCc1c(Cl)cccc1OCC(=O)Nc1ccccc1F. The van der Waals surface area contributed by atoms with Gasteiger partial charge in [0.1, 0.15) is 11.6 Å². The van der Waals surface area contributed by atoms with Gasteiger partial charge in [-0.3, -0.25) is 4.79 Å². The number of nitrogens with one attached hydrogen (secondary N) is 1. The van der Waals surface area contributed by atoms with Gasteiger partial charge in [-0.25, -0.2) is 4.39 Å². The maximum Gasteiger partial charge on any atom is 0.262 e. The summed E-state index contributed by atoms with van der Waals surface area (Å²) in [5, 5.41) is 2.91. The number of benzene rings is 2. The van der Waals surface area contributed by atoms with Crippen LogP contribution in [-0.2, 0) is 11.3 Å². The van der Waals surface area contributed by atoms with Crippen LogP contribution in [0.3, 0.4) is 0 Å². The molecule has 0 unspecified atom stereocenters. The fraction of sp³-hybridized carbons (Fsp3) is 0.133. The van der Waals surface area contributed by atoms with Crippen molar-refractivity contribution in [1.82, 2.24) is 0 Å². The number of hydrogen-bond acceptors (Lipinski definition) is 3. The predicted octanol–water partition coefficient (Wildman–Crippen LogP) is 2.96. The molecule has 0 bridgehead atoms. The Labute approximate surface area is 126 Å². The molecule has 0 heterocycles. The van der Waals surface area contributed by atoms with Crippen molar-refractivity contribution in [2.75, 3.05) is 11.9 Å². The second kappa shape index (κ2) is 7.06. The van der Waals surface area contributed by atoms with Gasteiger partial charge in [0.15, 0.2) is 6.61 Å². The molecule has 0 fully saturated rings. The zero-order chi connectivity index (χ0) is 15.2. The summed E-state index contributed by atoms with van der Waals surface area (Å²) in [7, 11) is 0. The summed E-state index contributed by atoms with van der Waals surface area (Å²) in [5.41, 5.74) is 6.32. The van der Waals surface area contributed by atoms with E-state index in [2.05, 4.69) is 5.32 Å². The number of hydrogen-bond donors (Lipinski definition) is 2. The summed E-state index contributed by atoms with van der Waals surface area (Å²) >= 11 is 5.99. The van der Waals surface area contributed by atoms with Crippen molar-refractivity contribution >= 4 is 23.2 Å². The van der Waals surface area contributed by atoms with Crippen molar-refractivity contribution < 1.29 is 13.9 Å². The number of rotatable bonds is 5. The summed E-state index contributed by atoms with van der Waals surface area (Å²) < 4.78 is 18.8. The Hall–Kier alpha value is -2.11. The lowest BCUT2D eigenvalue weighted by Gasteiger charge is -2.12. The Morgan fingerprint density at radius 2 is 2.00 bits per heavy atom. The average Bonchev–Trinajstić information content (AvgIpc) is 2.47. The van der Waals surface area contributed by atoms with E-state index in [4.69, 9.17) is 22.1 Å². The van der Waals surface area contributed by atoms with Crippen molar-refractivity contribution in [3.8, 4) is 5.75 Å². The van der Waals surface area contributed by atoms with Crippen LogP contribution in [0.2, 0.25) is 5.02 Å². The molecule has 0 spiro atoms. The van der Waals surface area contributed by atoms with Crippen molar-refractivity contribution in [2.24, 2.45) is 5.73 Å². The highest BCUT2D eigenvalue weighted by molar-refractivity contribution is 6.31. The first-order chi connectivity index (χ1) is 10.1. The Balaban J connectivity index is 1.99. The van der Waals surface area contributed by atoms with Crippen LogP contribution in [0.15, 0.2) is 42.5 Å². The van der Waals surface area contributed by atoms with Gasteiger partial charge in [0.25, 0.3) is 5.91 Å². The molecular formula is C15H14ClFN2O2. The van der Waals surface area contributed by atoms with Gasteiger partial charge in [0.2, 0.25) is 0 Å². The highest BCUT2D eigenvalue weighted by Gasteiger charge is 2.10. The van der Waals surface area contributed by atoms with E-state index in [1.807, 2.05) is 0 Å². The number of halogens is 2. The Kier molecular flexibility index (Phi) is 5.14. The molecule has 2 rings (SSSR count). The maximum atomic E-state index is 13.4. The van der Waals surface area contributed by atoms with E-state index in [1.165, 1.54) is 12.1 Å². The van der Waals surface area contributed by atoms with Crippen LogP contribution in [0, 0.1) is 5.82 Å². The highest BCUT2D eigenvalue weighted by Crippen LogP contribution is 2.25. The lowest BCUT2D eigenvalue weighted by atomic mass is 10.2. The second-order valence-electron chi connectivity index (χ2n) is 4.24. The highest BCUT2D eigenvalue weighted by atomic mass is 35.5. The third-order valence-corrected chi connectivity index (χ3v) is 3.14. The molecule has 0 aliphatic carbocycles. The molecule has 0 atom stereocenters. The van der Waals surface area contributed by atoms with Gasteiger partial charge in [-0.15, -0.1) is 0 Å². The summed E-state index contributed by atoms with van der Waals surface area (Å²) in [4.78, 5) is 11.8. The van der Waals surface area contributed by atoms with Gasteiger partial charge >= 0.3 is 0 Å². The number of carbonyl (C=O) groups excluding carboxylic acids is 1. The number of amides is 1. The minimum Gasteiger partial charge on any atom is -0.483 e. The first-order valence-corrected chi connectivity index (χ1v) is 6.64. The fourth-order valence-electron chi connectivity index (χ4n) is 1.76. The van der Waals surface area contributed by atoms with Crippen LogP contribution in [0.4, 0.5) is 10.1 Å². The van der Waals surface area contributed by atoms with Crippen LogP contribution >= 0.6 is 11.6 Å². The Bertz CT molecular complexity index is 649. The third-order valence-electron chi connectivity index (χ3n) is 2.79. The normalized spacial score (nSPS) is 10.2. The van der Waals surface area contributed by atoms with E-state index in [9.17, 15) is 9.18 Å². The molecule has 110 valence electrons. The molecule has 4 nitrogen and oxygen atoms in total. The van der Waals surface area contributed by atoms with Crippen LogP contribution < -0.4 is 15.8 Å². The fourth-order valence-corrected chi connectivity index (χ4v) is 2.01. The van der Waals surface area contributed by atoms with E-state index >= 15 is 0 Å². The Morgan fingerprint density at radius 1 is 1.24 bits per heavy atom. The number of nitrogens with two attached hydrogens (primary N) is 1. The van der Waals surface area contributed by atoms with Gasteiger partial charge in [-0.2, -0.15) is 0 Å². The molecule has 2 aromatic carbocycles. The first kappa shape index (κ1) is 15.3. The molecule has 0 saturated carbocycles. The minimum atomic E-state index is -0.503. The molecule has 0 aliphatic rings.